The minimum Gasteiger partial charge on any atom is -0.421 e. The number of halogens is 1. The number of amides is 1. The fourth-order valence-corrected chi connectivity index (χ4v) is 2.33. The molecule has 0 saturated carbocycles. The van der Waals surface area contributed by atoms with E-state index in [9.17, 15) is 9.59 Å². The number of nitrogens with one attached hydrogen (secondary N) is 1. The van der Waals surface area contributed by atoms with Crippen molar-refractivity contribution in [3.05, 3.63) is 69.4 Å². The van der Waals surface area contributed by atoms with Crippen LogP contribution in [-0.2, 0) is 17.9 Å². The van der Waals surface area contributed by atoms with Crippen molar-refractivity contribution in [1.29, 1.82) is 0 Å². The van der Waals surface area contributed by atoms with Crippen LogP contribution in [0.5, 0.6) is 0 Å². The summed E-state index contributed by atoms with van der Waals surface area (Å²) in [6.45, 7) is 1.93. The summed E-state index contributed by atoms with van der Waals surface area (Å²) in [7, 11) is 0. The highest BCUT2D eigenvalue weighted by molar-refractivity contribution is 6.30. The van der Waals surface area contributed by atoms with Gasteiger partial charge >= 0.3 is 0 Å². The Morgan fingerprint density at radius 2 is 1.96 bits per heavy atom. The molecule has 0 saturated heterocycles. The van der Waals surface area contributed by atoms with E-state index in [1.807, 2.05) is 12.1 Å². The van der Waals surface area contributed by atoms with E-state index in [1.165, 1.54) is 16.8 Å². The summed E-state index contributed by atoms with van der Waals surface area (Å²) in [5.74, 6) is 0.442. The van der Waals surface area contributed by atoms with Crippen LogP contribution in [0.3, 0.4) is 0 Å². The van der Waals surface area contributed by atoms with Crippen LogP contribution in [0, 0.1) is 6.92 Å². The smallest absolute Gasteiger partial charge is 0.251 e. The van der Waals surface area contributed by atoms with E-state index >= 15 is 0 Å². The second-order valence-corrected chi connectivity index (χ2v) is 5.85. The molecule has 8 heteroatoms. The van der Waals surface area contributed by atoms with Crippen LogP contribution in [0.4, 0.5) is 0 Å². The summed E-state index contributed by atoms with van der Waals surface area (Å²) in [6, 6.07) is 10.1. The summed E-state index contributed by atoms with van der Waals surface area (Å²) < 4.78 is 6.63. The quantitative estimate of drug-likeness (QED) is 0.755. The van der Waals surface area contributed by atoms with Gasteiger partial charge in [0.25, 0.3) is 5.56 Å². The lowest BCUT2D eigenvalue weighted by Gasteiger charge is -2.08. The minimum atomic E-state index is -0.290. The van der Waals surface area contributed by atoms with Crippen molar-refractivity contribution in [3.8, 4) is 11.5 Å². The Bertz CT molecular complexity index is 947. The van der Waals surface area contributed by atoms with Gasteiger partial charge in [-0.3, -0.25) is 9.59 Å². The first kappa shape index (κ1) is 16.9. The third-order valence-corrected chi connectivity index (χ3v) is 3.73. The summed E-state index contributed by atoms with van der Waals surface area (Å²) in [5, 5.41) is 11.1. The Morgan fingerprint density at radius 1 is 1.20 bits per heavy atom. The highest BCUT2D eigenvalue weighted by Gasteiger charge is 2.10. The van der Waals surface area contributed by atoms with Gasteiger partial charge in [0.2, 0.25) is 17.7 Å². The molecule has 0 aliphatic carbocycles. The Morgan fingerprint density at radius 3 is 2.64 bits per heavy atom. The summed E-state index contributed by atoms with van der Waals surface area (Å²) in [4.78, 5) is 24.1. The molecule has 0 radical (unpaired) electrons. The van der Waals surface area contributed by atoms with Crippen LogP contribution in [0.2, 0.25) is 5.02 Å². The molecule has 128 valence electrons. The van der Waals surface area contributed by atoms with Crippen LogP contribution in [0.15, 0.2) is 51.8 Å². The van der Waals surface area contributed by atoms with Crippen molar-refractivity contribution in [2.45, 2.75) is 20.0 Å². The number of pyridine rings is 1. The van der Waals surface area contributed by atoms with Gasteiger partial charge in [-0.25, -0.2) is 0 Å². The average molecular weight is 359 g/mol. The molecule has 0 aliphatic heterocycles. The third-order valence-electron chi connectivity index (χ3n) is 3.47. The second-order valence-electron chi connectivity index (χ2n) is 5.41. The van der Waals surface area contributed by atoms with E-state index in [2.05, 4.69) is 15.5 Å². The van der Waals surface area contributed by atoms with Crippen LogP contribution in [-0.4, -0.2) is 20.7 Å². The molecular formula is C17H15ClN4O3. The maximum atomic E-state index is 12.1. The first-order chi connectivity index (χ1) is 12.0. The van der Waals surface area contributed by atoms with Crippen LogP contribution in [0.25, 0.3) is 11.5 Å². The minimum absolute atomic E-state index is 0.104. The summed E-state index contributed by atoms with van der Waals surface area (Å²) in [6.07, 6.45) is 1.52. The van der Waals surface area contributed by atoms with E-state index in [0.717, 1.165) is 5.56 Å². The number of aromatic nitrogens is 3. The largest absolute Gasteiger partial charge is 0.421 e. The number of hydrogen-bond acceptors (Lipinski definition) is 5. The van der Waals surface area contributed by atoms with E-state index < -0.39 is 0 Å². The third kappa shape index (κ3) is 4.33. The lowest BCUT2D eigenvalue weighted by molar-refractivity contribution is -0.121. The topological polar surface area (TPSA) is 90.0 Å². The van der Waals surface area contributed by atoms with Crippen LogP contribution < -0.4 is 10.9 Å². The van der Waals surface area contributed by atoms with Gasteiger partial charge in [-0.05, 0) is 23.8 Å². The first-order valence-corrected chi connectivity index (χ1v) is 7.91. The molecule has 2 heterocycles. The number of carbonyl (C=O) groups is 1. The molecule has 0 aliphatic rings. The molecule has 3 rings (SSSR count). The van der Waals surface area contributed by atoms with Crippen molar-refractivity contribution in [1.82, 2.24) is 20.1 Å². The average Bonchev–Trinajstić information content (AvgIpc) is 3.03. The predicted octanol–water partition coefficient (Wildman–Crippen LogP) is 2.18. The molecule has 0 bridgehead atoms. The summed E-state index contributed by atoms with van der Waals surface area (Å²) >= 11 is 5.82. The normalized spacial score (nSPS) is 10.6. The Hall–Kier alpha value is -2.93. The van der Waals surface area contributed by atoms with Crippen molar-refractivity contribution >= 4 is 17.5 Å². The van der Waals surface area contributed by atoms with Crippen molar-refractivity contribution < 1.29 is 9.21 Å². The van der Waals surface area contributed by atoms with Gasteiger partial charge in [0.15, 0.2) is 0 Å². The number of aryl methyl sites for hydroxylation is 1. The molecule has 1 aromatic carbocycles. The lowest BCUT2D eigenvalue weighted by atomic mass is 10.2. The maximum absolute atomic E-state index is 12.1. The molecule has 0 unspecified atom stereocenters. The van der Waals surface area contributed by atoms with Gasteiger partial charge in [-0.1, -0.05) is 23.7 Å². The molecule has 1 N–H and O–H groups in total. The number of rotatable bonds is 5. The van der Waals surface area contributed by atoms with Gasteiger partial charge < -0.3 is 14.3 Å². The zero-order chi connectivity index (χ0) is 17.8. The zero-order valence-electron chi connectivity index (χ0n) is 13.4. The van der Waals surface area contributed by atoms with E-state index in [0.29, 0.717) is 28.9 Å². The highest BCUT2D eigenvalue weighted by Crippen LogP contribution is 2.15. The molecule has 0 spiro atoms. The number of carbonyl (C=O) groups excluding carboxylic acids is 1. The number of benzene rings is 1. The highest BCUT2D eigenvalue weighted by atomic mass is 35.5. The van der Waals surface area contributed by atoms with Crippen molar-refractivity contribution in [2.24, 2.45) is 0 Å². The van der Waals surface area contributed by atoms with Crippen LogP contribution in [0.1, 0.15) is 11.5 Å². The number of hydrogen-bond donors (Lipinski definition) is 1. The predicted molar refractivity (Wildman–Crippen MR) is 92.0 cm³/mol. The monoisotopic (exact) mass is 358 g/mol. The Labute approximate surface area is 148 Å². The molecule has 0 fully saturated rings. The van der Waals surface area contributed by atoms with Gasteiger partial charge in [-0.2, -0.15) is 0 Å². The fourth-order valence-electron chi connectivity index (χ4n) is 2.21. The van der Waals surface area contributed by atoms with Crippen molar-refractivity contribution in [2.75, 3.05) is 0 Å². The zero-order valence-corrected chi connectivity index (χ0v) is 14.2. The molecular weight excluding hydrogens is 344 g/mol. The van der Waals surface area contributed by atoms with Crippen molar-refractivity contribution in [3.63, 3.8) is 0 Å². The van der Waals surface area contributed by atoms with E-state index in [4.69, 9.17) is 16.0 Å². The summed E-state index contributed by atoms with van der Waals surface area (Å²) in [5.41, 5.74) is 1.20. The lowest BCUT2D eigenvalue weighted by Crippen LogP contribution is -2.31. The van der Waals surface area contributed by atoms with Crippen LogP contribution >= 0.6 is 11.6 Å². The first-order valence-electron chi connectivity index (χ1n) is 7.53. The molecule has 0 atom stereocenters. The van der Waals surface area contributed by atoms with Gasteiger partial charge in [0.05, 0.1) is 5.56 Å². The molecule has 7 nitrogen and oxygen atoms in total. The second kappa shape index (κ2) is 7.31. The SMILES string of the molecule is Cc1nnc(-c2ccc(=O)n(CC(=O)NCc3ccc(Cl)cc3)c2)o1. The molecule has 1 amide bonds. The Balaban J connectivity index is 1.68. The van der Waals surface area contributed by atoms with Gasteiger partial charge in [0, 0.05) is 30.8 Å². The molecule has 2 aromatic heterocycles. The van der Waals surface area contributed by atoms with E-state index in [-0.39, 0.29) is 18.0 Å². The van der Waals surface area contributed by atoms with E-state index in [1.54, 1.807) is 25.1 Å². The van der Waals surface area contributed by atoms with Gasteiger partial charge in [0.1, 0.15) is 6.54 Å². The molecule has 3 aromatic rings. The van der Waals surface area contributed by atoms with Gasteiger partial charge in [-0.15, -0.1) is 10.2 Å². The molecule has 25 heavy (non-hydrogen) atoms. The number of nitrogens with zero attached hydrogens (tertiary/aromatic N) is 3. The maximum Gasteiger partial charge on any atom is 0.251 e. The fraction of sp³-hybridized carbons (Fsp3) is 0.176. The Kier molecular flexibility index (Phi) is 4.95. The standard InChI is InChI=1S/C17H15ClN4O3/c1-11-20-21-17(25-11)13-4-7-16(24)22(9-13)10-15(23)19-8-12-2-5-14(18)6-3-12/h2-7,9H,8,10H2,1H3,(H,19,23).